The Balaban J connectivity index is 2.29. The topological polar surface area (TPSA) is 75.6 Å². The number of rotatable bonds is 8. The van der Waals surface area contributed by atoms with Crippen LogP contribution in [0.15, 0.2) is 24.3 Å². The van der Waals surface area contributed by atoms with Gasteiger partial charge in [-0.25, -0.2) is 4.39 Å². The molecule has 0 spiro atoms. The molecule has 1 aromatic rings. The molecule has 0 aliphatic heterocycles. The molecule has 0 saturated carbocycles. The normalized spacial score (nSPS) is 11.7. The molecule has 6 heteroatoms. The number of carboxylic acids is 1. The molecule has 0 bridgehead atoms. The molecule has 0 aliphatic carbocycles. The fraction of sp³-hybridized carbons (Fsp3) is 0.429. The van der Waals surface area contributed by atoms with Gasteiger partial charge in [0.05, 0.1) is 0 Å². The summed E-state index contributed by atoms with van der Waals surface area (Å²) in [5.41, 5.74) is 0. The third-order valence-electron chi connectivity index (χ3n) is 2.81. The van der Waals surface area contributed by atoms with E-state index in [0.29, 0.717) is 18.7 Å². The van der Waals surface area contributed by atoms with Crippen LogP contribution < -0.4 is 10.1 Å². The lowest BCUT2D eigenvalue weighted by Crippen LogP contribution is -2.33. The first-order valence-corrected chi connectivity index (χ1v) is 6.38. The molecule has 110 valence electrons. The van der Waals surface area contributed by atoms with E-state index in [1.54, 1.807) is 0 Å². The van der Waals surface area contributed by atoms with Crippen LogP contribution in [0.25, 0.3) is 0 Å². The number of benzene rings is 1. The van der Waals surface area contributed by atoms with Gasteiger partial charge in [-0.2, -0.15) is 0 Å². The van der Waals surface area contributed by atoms with Crippen molar-refractivity contribution in [2.45, 2.75) is 19.8 Å². The van der Waals surface area contributed by atoms with E-state index in [4.69, 9.17) is 9.84 Å². The molecule has 0 saturated heterocycles. The predicted molar refractivity (Wildman–Crippen MR) is 70.9 cm³/mol. The van der Waals surface area contributed by atoms with E-state index in [-0.39, 0.29) is 30.7 Å². The van der Waals surface area contributed by atoms with Gasteiger partial charge in [-0.1, -0.05) is 13.3 Å². The summed E-state index contributed by atoms with van der Waals surface area (Å²) in [5, 5.41) is 11.3. The lowest BCUT2D eigenvalue weighted by Gasteiger charge is -2.13. The molecule has 0 radical (unpaired) electrons. The van der Waals surface area contributed by atoms with E-state index in [1.165, 1.54) is 24.3 Å². The summed E-state index contributed by atoms with van der Waals surface area (Å²) in [4.78, 5) is 22.1. The largest absolute Gasteiger partial charge is 0.484 e. The molecule has 0 fully saturated rings. The van der Waals surface area contributed by atoms with E-state index >= 15 is 0 Å². The second kappa shape index (κ2) is 8.14. The molecule has 1 unspecified atom stereocenters. The number of hydrogen-bond donors (Lipinski definition) is 2. The average molecular weight is 283 g/mol. The van der Waals surface area contributed by atoms with E-state index in [0.717, 1.165) is 0 Å². The van der Waals surface area contributed by atoms with Gasteiger partial charge in [0.15, 0.2) is 6.61 Å². The van der Waals surface area contributed by atoms with Gasteiger partial charge in [0.25, 0.3) is 5.91 Å². The zero-order chi connectivity index (χ0) is 15.0. The predicted octanol–water partition coefficient (Wildman–Crippen LogP) is 1.82. The van der Waals surface area contributed by atoms with Crippen LogP contribution in [0.3, 0.4) is 0 Å². The molecule has 1 atom stereocenters. The van der Waals surface area contributed by atoms with Crippen molar-refractivity contribution in [1.82, 2.24) is 5.32 Å². The van der Waals surface area contributed by atoms with Gasteiger partial charge in [0.1, 0.15) is 11.6 Å². The lowest BCUT2D eigenvalue weighted by atomic mass is 10.0. The van der Waals surface area contributed by atoms with E-state index in [1.807, 2.05) is 6.92 Å². The summed E-state index contributed by atoms with van der Waals surface area (Å²) in [5.74, 6) is -1.28. The smallest absolute Gasteiger partial charge is 0.303 e. The number of halogens is 1. The standard InChI is InChI=1S/C14H18FNO4/c1-2-10(7-14(18)19)8-16-13(17)9-20-12-5-3-11(15)4-6-12/h3-6,10H,2,7-9H2,1H3,(H,16,17)(H,18,19). The molecule has 0 heterocycles. The van der Waals surface area contributed by atoms with Crippen molar-refractivity contribution in [3.8, 4) is 5.75 Å². The Morgan fingerprint density at radius 3 is 2.55 bits per heavy atom. The fourth-order valence-corrected chi connectivity index (χ4v) is 1.60. The molecule has 20 heavy (non-hydrogen) atoms. The lowest BCUT2D eigenvalue weighted by molar-refractivity contribution is -0.138. The quantitative estimate of drug-likeness (QED) is 0.763. The van der Waals surface area contributed by atoms with Gasteiger partial charge in [-0.15, -0.1) is 0 Å². The van der Waals surface area contributed by atoms with E-state index < -0.39 is 5.97 Å². The van der Waals surface area contributed by atoms with Crippen LogP contribution in [0.5, 0.6) is 5.75 Å². The Kier molecular flexibility index (Phi) is 6.49. The first-order chi connectivity index (χ1) is 9.51. The van der Waals surface area contributed by atoms with Crippen molar-refractivity contribution in [3.63, 3.8) is 0 Å². The number of nitrogens with one attached hydrogen (secondary N) is 1. The Hall–Kier alpha value is -2.11. The van der Waals surface area contributed by atoms with Crippen LogP contribution >= 0.6 is 0 Å². The molecule has 1 rings (SSSR count). The molecular formula is C14H18FNO4. The van der Waals surface area contributed by atoms with E-state index in [2.05, 4.69) is 5.32 Å². The Bertz CT molecular complexity index is 447. The monoisotopic (exact) mass is 283 g/mol. The van der Waals surface area contributed by atoms with Crippen LogP contribution in [-0.2, 0) is 9.59 Å². The number of hydrogen-bond acceptors (Lipinski definition) is 3. The number of carbonyl (C=O) groups is 2. The van der Waals surface area contributed by atoms with Gasteiger partial charge < -0.3 is 15.2 Å². The van der Waals surface area contributed by atoms with Crippen molar-refractivity contribution in [3.05, 3.63) is 30.1 Å². The Morgan fingerprint density at radius 2 is 2.00 bits per heavy atom. The zero-order valence-electron chi connectivity index (χ0n) is 11.3. The second-order valence-electron chi connectivity index (χ2n) is 4.42. The maximum absolute atomic E-state index is 12.7. The summed E-state index contributed by atoms with van der Waals surface area (Å²) >= 11 is 0. The third kappa shape index (κ3) is 6.17. The minimum absolute atomic E-state index is 0.0234. The van der Waals surface area contributed by atoms with Gasteiger partial charge in [0.2, 0.25) is 0 Å². The molecule has 2 N–H and O–H groups in total. The Labute approximate surface area is 116 Å². The van der Waals surface area contributed by atoms with Crippen LogP contribution in [0.2, 0.25) is 0 Å². The van der Waals surface area contributed by atoms with E-state index in [9.17, 15) is 14.0 Å². The summed E-state index contributed by atoms with van der Waals surface area (Å²) < 4.78 is 17.8. The molecule has 1 aromatic carbocycles. The minimum Gasteiger partial charge on any atom is -0.484 e. The number of carbonyl (C=O) groups excluding carboxylic acids is 1. The molecule has 1 amide bonds. The zero-order valence-corrected chi connectivity index (χ0v) is 11.3. The van der Waals surface area contributed by atoms with Gasteiger partial charge in [-0.3, -0.25) is 9.59 Å². The first kappa shape index (κ1) is 15.9. The molecule has 0 aromatic heterocycles. The highest BCUT2D eigenvalue weighted by atomic mass is 19.1. The summed E-state index contributed by atoms with van der Waals surface area (Å²) in [7, 11) is 0. The van der Waals surface area contributed by atoms with Gasteiger partial charge in [0, 0.05) is 13.0 Å². The van der Waals surface area contributed by atoms with Crippen molar-refractivity contribution in [2.75, 3.05) is 13.2 Å². The highest BCUT2D eigenvalue weighted by molar-refractivity contribution is 5.77. The third-order valence-corrected chi connectivity index (χ3v) is 2.81. The van der Waals surface area contributed by atoms with Crippen LogP contribution in [-0.4, -0.2) is 30.1 Å². The maximum atomic E-state index is 12.7. The summed E-state index contributed by atoms with van der Waals surface area (Å²) in [6.07, 6.45) is 0.695. The SMILES string of the molecule is CCC(CNC(=O)COc1ccc(F)cc1)CC(=O)O. The molecule has 0 aliphatic rings. The van der Waals surface area contributed by atoms with Crippen molar-refractivity contribution in [1.29, 1.82) is 0 Å². The first-order valence-electron chi connectivity index (χ1n) is 6.38. The van der Waals surface area contributed by atoms with Crippen LogP contribution in [0.4, 0.5) is 4.39 Å². The van der Waals surface area contributed by atoms with Gasteiger partial charge >= 0.3 is 5.97 Å². The number of amides is 1. The molecule has 5 nitrogen and oxygen atoms in total. The maximum Gasteiger partial charge on any atom is 0.303 e. The van der Waals surface area contributed by atoms with Crippen LogP contribution in [0, 0.1) is 11.7 Å². The number of aliphatic carboxylic acids is 1. The van der Waals surface area contributed by atoms with Gasteiger partial charge in [-0.05, 0) is 30.2 Å². The minimum atomic E-state index is -0.881. The fourth-order valence-electron chi connectivity index (χ4n) is 1.60. The van der Waals surface area contributed by atoms with Crippen molar-refractivity contribution < 1.29 is 23.8 Å². The highest BCUT2D eigenvalue weighted by Crippen LogP contribution is 2.11. The average Bonchev–Trinajstić information content (AvgIpc) is 2.42. The molecular weight excluding hydrogens is 265 g/mol. The second-order valence-corrected chi connectivity index (χ2v) is 4.42. The Morgan fingerprint density at radius 1 is 1.35 bits per heavy atom. The van der Waals surface area contributed by atoms with Crippen LogP contribution in [0.1, 0.15) is 19.8 Å². The van der Waals surface area contributed by atoms with Crippen molar-refractivity contribution in [2.24, 2.45) is 5.92 Å². The summed E-state index contributed by atoms with van der Waals surface area (Å²) in [6, 6.07) is 5.35. The number of ether oxygens (including phenoxy) is 1. The highest BCUT2D eigenvalue weighted by Gasteiger charge is 2.12. The summed E-state index contributed by atoms with van der Waals surface area (Å²) in [6.45, 7) is 1.98. The number of carboxylic acid groups (broad SMARTS) is 1. The van der Waals surface area contributed by atoms with Crippen molar-refractivity contribution >= 4 is 11.9 Å².